The molecule has 0 aromatic carbocycles. The van der Waals surface area contributed by atoms with Gasteiger partial charge in [-0.3, -0.25) is 0 Å². The number of hydrogen-bond donors (Lipinski definition) is 1. The van der Waals surface area contributed by atoms with Crippen molar-refractivity contribution in [2.24, 2.45) is 7.05 Å². The van der Waals surface area contributed by atoms with Crippen LogP contribution in [-0.4, -0.2) is 43.2 Å². The molecule has 6 nitrogen and oxygen atoms in total. The molecule has 1 aliphatic heterocycles. The van der Waals surface area contributed by atoms with Gasteiger partial charge in [0.15, 0.2) is 5.16 Å². The summed E-state index contributed by atoms with van der Waals surface area (Å²) in [5, 5.41) is 13.3. The number of nitrogens with zero attached hydrogens (tertiary/aromatic N) is 5. The van der Waals surface area contributed by atoms with Gasteiger partial charge in [-0.15, -0.1) is 10.2 Å². The maximum absolute atomic E-state index is 4.42. The average Bonchev–Trinajstić information content (AvgIpc) is 3.11. The maximum atomic E-state index is 4.42. The largest absolute Gasteiger partial charge is 0.335 e. The van der Waals surface area contributed by atoms with Gasteiger partial charge in [0, 0.05) is 44.2 Å². The summed E-state index contributed by atoms with van der Waals surface area (Å²) < 4.78 is 4.36. The average molecular weight is 320 g/mol. The molecule has 0 bridgehead atoms. The highest BCUT2D eigenvalue weighted by molar-refractivity contribution is 7.99. The Morgan fingerprint density at radius 3 is 3.05 bits per heavy atom. The van der Waals surface area contributed by atoms with E-state index in [9.17, 15) is 0 Å². The Labute approximate surface area is 135 Å². The van der Waals surface area contributed by atoms with Gasteiger partial charge in [0.05, 0.1) is 0 Å². The van der Waals surface area contributed by atoms with Gasteiger partial charge in [0.2, 0.25) is 0 Å². The molecule has 1 unspecified atom stereocenters. The van der Waals surface area contributed by atoms with E-state index in [4.69, 9.17) is 0 Å². The van der Waals surface area contributed by atoms with E-state index in [0.29, 0.717) is 5.92 Å². The van der Waals surface area contributed by atoms with E-state index in [1.165, 1.54) is 12.8 Å². The fourth-order valence-electron chi connectivity index (χ4n) is 2.92. The van der Waals surface area contributed by atoms with E-state index in [2.05, 4.69) is 36.7 Å². The zero-order valence-electron chi connectivity index (χ0n) is 13.3. The fraction of sp³-hybridized carbons (Fsp3) is 0.667. The Balaban J connectivity index is 1.50. The minimum atomic E-state index is 0.509. The summed E-state index contributed by atoms with van der Waals surface area (Å²) >= 11 is 1.79. The topological polar surface area (TPSA) is 60.6 Å². The molecule has 0 saturated carbocycles. The molecule has 0 radical (unpaired) electrons. The normalized spacial score (nSPS) is 18.7. The van der Waals surface area contributed by atoms with E-state index in [-0.39, 0.29) is 0 Å². The summed E-state index contributed by atoms with van der Waals surface area (Å²) in [5.74, 6) is 3.76. The minimum Gasteiger partial charge on any atom is -0.335 e. The molecule has 2 aromatic heterocycles. The van der Waals surface area contributed by atoms with Crippen molar-refractivity contribution in [3.63, 3.8) is 0 Å². The highest BCUT2D eigenvalue weighted by atomic mass is 32.2. The van der Waals surface area contributed by atoms with Crippen LogP contribution in [0.1, 0.15) is 36.8 Å². The molecular formula is C15H24N6S. The Morgan fingerprint density at radius 2 is 2.32 bits per heavy atom. The van der Waals surface area contributed by atoms with Crippen molar-refractivity contribution in [3.05, 3.63) is 24.0 Å². The molecule has 0 spiro atoms. The number of imidazole rings is 1. The van der Waals surface area contributed by atoms with Crippen LogP contribution in [0.25, 0.3) is 0 Å². The molecule has 120 valence electrons. The van der Waals surface area contributed by atoms with E-state index < -0.39 is 0 Å². The van der Waals surface area contributed by atoms with Gasteiger partial charge in [-0.2, -0.15) is 0 Å². The van der Waals surface area contributed by atoms with E-state index in [1.807, 2.05) is 19.3 Å². The molecule has 22 heavy (non-hydrogen) atoms. The van der Waals surface area contributed by atoms with Gasteiger partial charge in [-0.25, -0.2) is 4.98 Å². The first-order valence-corrected chi connectivity index (χ1v) is 8.95. The molecule has 1 atom stereocenters. The Bertz CT molecular complexity index is 599. The molecular weight excluding hydrogens is 296 g/mol. The SMILES string of the molecule is Cc1nccn1CCCSc1nnc(C2CCCNC2)n1C. The molecule has 3 heterocycles. The zero-order valence-corrected chi connectivity index (χ0v) is 14.1. The van der Waals surface area contributed by atoms with Crippen LogP contribution >= 0.6 is 11.8 Å². The van der Waals surface area contributed by atoms with E-state index in [0.717, 1.165) is 48.6 Å². The number of piperidine rings is 1. The number of rotatable bonds is 6. The van der Waals surface area contributed by atoms with Gasteiger partial charge >= 0.3 is 0 Å². The second-order valence-corrected chi connectivity index (χ2v) is 6.88. The van der Waals surface area contributed by atoms with Crippen molar-refractivity contribution in [2.45, 2.75) is 43.8 Å². The first-order chi connectivity index (χ1) is 10.8. The van der Waals surface area contributed by atoms with Gasteiger partial charge in [0.1, 0.15) is 11.6 Å². The summed E-state index contributed by atoms with van der Waals surface area (Å²) in [6.07, 6.45) is 7.44. The van der Waals surface area contributed by atoms with Gasteiger partial charge in [-0.1, -0.05) is 11.8 Å². The van der Waals surface area contributed by atoms with Crippen molar-refractivity contribution in [2.75, 3.05) is 18.8 Å². The number of aromatic nitrogens is 5. The molecule has 1 saturated heterocycles. The fourth-order valence-corrected chi connectivity index (χ4v) is 3.76. The third-order valence-corrected chi connectivity index (χ3v) is 5.34. The molecule has 7 heteroatoms. The van der Waals surface area contributed by atoms with Crippen LogP contribution in [0.5, 0.6) is 0 Å². The van der Waals surface area contributed by atoms with E-state index in [1.54, 1.807) is 11.8 Å². The lowest BCUT2D eigenvalue weighted by molar-refractivity contribution is 0.436. The quantitative estimate of drug-likeness (QED) is 0.651. The van der Waals surface area contributed by atoms with Gasteiger partial charge in [-0.05, 0) is 32.7 Å². The molecule has 0 amide bonds. The second kappa shape index (κ2) is 7.28. The lowest BCUT2D eigenvalue weighted by atomic mass is 9.99. The summed E-state index contributed by atoms with van der Waals surface area (Å²) in [6, 6.07) is 0. The Morgan fingerprint density at radius 1 is 1.41 bits per heavy atom. The Hall–Kier alpha value is -1.34. The van der Waals surface area contributed by atoms with Crippen molar-refractivity contribution >= 4 is 11.8 Å². The number of nitrogens with one attached hydrogen (secondary N) is 1. The molecule has 0 aliphatic carbocycles. The summed E-state index contributed by atoms with van der Waals surface area (Å²) in [6.45, 7) is 5.20. The molecule has 2 aromatic rings. The monoisotopic (exact) mass is 320 g/mol. The Kier molecular flexibility index (Phi) is 5.15. The van der Waals surface area contributed by atoms with Crippen LogP contribution in [0.2, 0.25) is 0 Å². The summed E-state index contributed by atoms with van der Waals surface area (Å²) in [5.41, 5.74) is 0. The van der Waals surface area contributed by atoms with Crippen LogP contribution in [0.15, 0.2) is 17.6 Å². The van der Waals surface area contributed by atoms with E-state index >= 15 is 0 Å². The maximum Gasteiger partial charge on any atom is 0.190 e. The minimum absolute atomic E-state index is 0.509. The lowest BCUT2D eigenvalue weighted by Gasteiger charge is -2.21. The molecule has 1 fully saturated rings. The number of aryl methyl sites for hydroxylation is 2. The standard InChI is InChI=1S/C15H24N6S/c1-12-17-7-9-21(12)8-4-10-22-15-19-18-14(20(15)2)13-5-3-6-16-11-13/h7,9,13,16H,3-6,8,10-11H2,1-2H3. The van der Waals surface area contributed by atoms with Crippen LogP contribution in [0.3, 0.4) is 0 Å². The highest BCUT2D eigenvalue weighted by Crippen LogP contribution is 2.25. The van der Waals surface area contributed by atoms with Crippen LogP contribution in [0, 0.1) is 6.92 Å². The third-order valence-electron chi connectivity index (χ3n) is 4.23. The number of hydrogen-bond acceptors (Lipinski definition) is 5. The van der Waals surface area contributed by atoms with Crippen molar-refractivity contribution in [1.29, 1.82) is 0 Å². The van der Waals surface area contributed by atoms with Crippen molar-refractivity contribution in [1.82, 2.24) is 29.6 Å². The highest BCUT2D eigenvalue weighted by Gasteiger charge is 2.21. The lowest BCUT2D eigenvalue weighted by Crippen LogP contribution is -2.29. The molecule has 3 rings (SSSR count). The third kappa shape index (κ3) is 3.52. The summed E-state index contributed by atoms with van der Waals surface area (Å²) in [7, 11) is 2.09. The predicted molar refractivity (Wildman–Crippen MR) is 88.2 cm³/mol. The zero-order chi connectivity index (χ0) is 15.4. The van der Waals surface area contributed by atoms with Gasteiger partial charge in [0.25, 0.3) is 0 Å². The predicted octanol–water partition coefficient (Wildman–Crippen LogP) is 1.97. The summed E-state index contributed by atoms with van der Waals surface area (Å²) in [4.78, 5) is 4.25. The van der Waals surface area contributed by atoms with Gasteiger partial charge < -0.3 is 14.5 Å². The first-order valence-electron chi connectivity index (χ1n) is 7.96. The smallest absolute Gasteiger partial charge is 0.190 e. The molecule has 1 aliphatic rings. The van der Waals surface area contributed by atoms with Crippen LogP contribution in [-0.2, 0) is 13.6 Å². The van der Waals surface area contributed by atoms with Crippen LogP contribution in [0.4, 0.5) is 0 Å². The van der Waals surface area contributed by atoms with Crippen molar-refractivity contribution in [3.8, 4) is 0 Å². The van der Waals surface area contributed by atoms with Crippen molar-refractivity contribution < 1.29 is 0 Å². The van der Waals surface area contributed by atoms with Crippen LogP contribution < -0.4 is 5.32 Å². The number of thioether (sulfide) groups is 1. The second-order valence-electron chi connectivity index (χ2n) is 5.81. The molecule has 1 N–H and O–H groups in total. The first kappa shape index (κ1) is 15.6.